The summed E-state index contributed by atoms with van der Waals surface area (Å²) < 4.78 is 0. The first-order valence-electron chi connectivity index (χ1n) is 7.19. The van der Waals surface area contributed by atoms with Crippen molar-refractivity contribution in [2.45, 2.75) is 0 Å². The van der Waals surface area contributed by atoms with E-state index < -0.39 is 30.3 Å². The number of likely N-dealkylation sites (N-methyl/N-ethyl adjacent to an activating group) is 1. The summed E-state index contributed by atoms with van der Waals surface area (Å²) in [5.74, 6) is -1.68. The van der Waals surface area contributed by atoms with Gasteiger partial charge < -0.3 is 0 Å². The maximum atomic E-state index is 12.7. The summed E-state index contributed by atoms with van der Waals surface area (Å²) in [6, 6.07) is 8.05. The maximum Gasteiger partial charge on any atom is 0.334 e. The lowest BCUT2D eigenvalue weighted by atomic mass is 10.3. The zero-order valence-electron chi connectivity index (χ0n) is 12.8. The van der Waals surface area contributed by atoms with E-state index in [0.29, 0.717) is 27.2 Å². The van der Waals surface area contributed by atoms with Crippen LogP contribution in [-0.4, -0.2) is 64.6 Å². The number of para-hydroxylation sites is 1. The van der Waals surface area contributed by atoms with Crippen LogP contribution >= 0.6 is 11.8 Å². The Balaban J connectivity index is 1.86. The van der Waals surface area contributed by atoms with Gasteiger partial charge in [-0.25, -0.2) is 9.69 Å². The molecule has 1 fully saturated rings. The topological polar surface area (TPSA) is 90.4 Å². The number of anilines is 1. The van der Waals surface area contributed by atoms with Crippen LogP contribution in [-0.2, 0) is 14.4 Å². The minimum Gasteiger partial charge on any atom is -0.272 e. The van der Waals surface area contributed by atoms with Crippen LogP contribution in [0, 0.1) is 0 Å². The molecule has 5 amide bonds. The maximum absolute atomic E-state index is 12.7. The lowest BCUT2D eigenvalue weighted by molar-refractivity contribution is -0.143. The number of aliphatic imine (C=N–C) groups is 1. The third kappa shape index (κ3) is 2.78. The average Bonchev–Trinajstić information content (AvgIpc) is 3.17. The van der Waals surface area contributed by atoms with Gasteiger partial charge in [-0.2, -0.15) is 0 Å². The van der Waals surface area contributed by atoms with Crippen LogP contribution in [0.15, 0.2) is 35.3 Å². The van der Waals surface area contributed by atoms with Gasteiger partial charge in [-0.05, 0) is 12.1 Å². The fraction of sp³-hybridized carbons (Fsp3) is 0.267. The molecular formula is C15H14N4O4S. The summed E-state index contributed by atoms with van der Waals surface area (Å²) in [4.78, 5) is 55.1. The molecule has 1 aromatic carbocycles. The number of rotatable bonds is 3. The molecule has 0 saturated carbocycles. The number of urea groups is 1. The number of amides is 5. The highest BCUT2D eigenvalue weighted by molar-refractivity contribution is 8.14. The molecule has 0 radical (unpaired) electrons. The van der Waals surface area contributed by atoms with Crippen LogP contribution in [0.4, 0.5) is 10.5 Å². The van der Waals surface area contributed by atoms with Gasteiger partial charge in [0.1, 0.15) is 6.54 Å². The second kappa shape index (κ2) is 6.44. The van der Waals surface area contributed by atoms with E-state index in [1.165, 1.54) is 23.7 Å². The van der Waals surface area contributed by atoms with E-state index in [9.17, 15) is 19.2 Å². The summed E-state index contributed by atoms with van der Waals surface area (Å²) in [5, 5.41) is 0.518. The van der Waals surface area contributed by atoms with Gasteiger partial charge in [0.25, 0.3) is 5.91 Å². The molecule has 0 N–H and O–H groups in total. The molecule has 1 saturated heterocycles. The zero-order valence-corrected chi connectivity index (χ0v) is 13.7. The third-order valence-corrected chi connectivity index (χ3v) is 4.53. The Hall–Kier alpha value is -2.68. The van der Waals surface area contributed by atoms with Crippen molar-refractivity contribution in [3.05, 3.63) is 30.3 Å². The van der Waals surface area contributed by atoms with E-state index >= 15 is 0 Å². The molecule has 3 rings (SSSR count). The van der Waals surface area contributed by atoms with Crippen molar-refractivity contribution in [2.75, 3.05) is 30.8 Å². The van der Waals surface area contributed by atoms with Crippen molar-refractivity contribution in [3.63, 3.8) is 0 Å². The second-order valence-corrected chi connectivity index (χ2v) is 6.18. The minimum atomic E-state index is -0.995. The summed E-state index contributed by atoms with van der Waals surface area (Å²) in [5.41, 5.74) is 0.592. The first-order chi connectivity index (χ1) is 11.5. The van der Waals surface area contributed by atoms with E-state index in [4.69, 9.17) is 0 Å². The normalized spacial score (nSPS) is 17.5. The Labute approximate surface area is 142 Å². The van der Waals surface area contributed by atoms with E-state index in [0.717, 1.165) is 5.75 Å². The summed E-state index contributed by atoms with van der Waals surface area (Å²) in [7, 11) is 1.21. The number of benzene rings is 1. The van der Waals surface area contributed by atoms with Crippen molar-refractivity contribution < 1.29 is 19.2 Å². The summed E-state index contributed by atoms with van der Waals surface area (Å²) in [6.45, 7) is 0.0850. The molecule has 0 aliphatic carbocycles. The Morgan fingerprint density at radius 3 is 2.46 bits per heavy atom. The molecule has 2 aliphatic rings. The molecule has 2 heterocycles. The lowest BCUT2D eigenvalue weighted by Crippen LogP contribution is -2.45. The highest BCUT2D eigenvalue weighted by atomic mass is 32.2. The van der Waals surface area contributed by atoms with Crippen LogP contribution in [0.1, 0.15) is 0 Å². The SMILES string of the molecule is CN1C(=O)C(=O)N(CC(=O)N(C2=NCCS2)c2ccccc2)C1=O. The van der Waals surface area contributed by atoms with Gasteiger partial charge in [0.05, 0.1) is 12.2 Å². The first kappa shape index (κ1) is 16.2. The average molecular weight is 346 g/mol. The molecule has 0 atom stereocenters. The van der Waals surface area contributed by atoms with E-state index in [1.54, 1.807) is 24.3 Å². The van der Waals surface area contributed by atoms with Gasteiger partial charge in [0.2, 0.25) is 0 Å². The van der Waals surface area contributed by atoms with E-state index in [1.807, 2.05) is 6.07 Å². The number of carbonyl (C=O) groups excluding carboxylic acids is 4. The number of thioether (sulfide) groups is 1. The predicted molar refractivity (Wildman–Crippen MR) is 88.6 cm³/mol. The van der Waals surface area contributed by atoms with Gasteiger partial charge in [-0.1, -0.05) is 30.0 Å². The van der Waals surface area contributed by atoms with Crippen LogP contribution in [0.5, 0.6) is 0 Å². The predicted octanol–water partition coefficient (Wildman–Crippen LogP) is 0.543. The Kier molecular flexibility index (Phi) is 4.34. The van der Waals surface area contributed by atoms with Gasteiger partial charge in [-0.3, -0.25) is 29.2 Å². The highest BCUT2D eigenvalue weighted by Crippen LogP contribution is 2.23. The van der Waals surface area contributed by atoms with E-state index in [2.05, 4.69) is 4.99 Å². The molecule has 24 heavy (non-hydrogen) atoms. The number of carbonyl (C=O) groups is 4. The molecule has 0 spiro atoms. The first-order valence-corrected chi connectivity index (χ1v) is 8.18. The molecular weight excluding hydrogens is 332 g/mol. The van der Waals surface area contributed by atoms with E-state index in [-0.39, 0.29) is 0 Å². The Morgan fingerprint density at radius 1 is 1.21 bits per heavy atom. The number of hydrogen-bond acceptors (Lipinski definition) is 6. The Morgan fingerprint density at radius 2 is 1.92 bits per heavy atom. The second-order valence-electron chi connectivity index (χ2n) is 5.12. The van der Waals surface area contributed by atoms with Crippen molar-refractivity contribution in [3.8, 4) is 0 Å². The molecule has 0 aromatic heterocycles. The molecule has 2 aliphatic heterocycles. The van der Waals surface area contributed by atoms with Gasteiger partial charge >= 0.3 is 17.8 Å². The van der Waals surface area contributed by atoms with Gasteiger partial charge in [0, 0.05) is 12.8 Å². The summed E-state index contributed by atoms with van der Waals surface area (Å²) >= 11 is 1.42. The van der Waals surface area contributed by atoms with Crippen molar-refractivity contribution in [2.24, 2.45) is 4.99 Å². The molecule has 8 nitrogen and oxygen atoms in total. The largest absolute Gasteiger partial charge is 0.334 e. The van der Waals surface area contributed by atoms with Gasteiger partial charge in [-0.15, -0.1) is 0 Å². The third-order valence-electron chi connectivity index (χ3n) is 3.57. The molecule has 1 aromatic rings. The summed E-state index contributed by atoms with van der Waals surface area (Å²) in [6.07, 6.45) is 0. The number of amidine groups is 1. The van der Waals surface area contributed by atoms with Crippen LogP contribution in [0.2, 0.25) is 0 Å². The Bertz CT molecular complexity index is 749. The van der Waals surface area contributed by atoms with Crippen LogP contribution < -0.4 is 4.90 Å². The molecule has 124 valence electrons. The smallest absolute Gasteiger partial charge is 0.272 e. The standard InChI is InChI=1S/C15H14N4O4S/c1-17-12(21)13(22)18(15(17)23)9-11(20)19(14-16-7-8-24-14)10-5-3-2-4-6-10/h2-6H,7-9H2,1H3. The number of imide groups is 2. The lowest BCUT2D eigenvalue weighted by Gasteiger charge is -2.23. The fourth-order valence-corrected chi connectivity index (χ4v) is 3.24. The van der Waals surface area contributed by atoms with Crippen LogP contribution in [0.25, 0.3) is 0 Å². The molecule has 9 heteroatoms. The van der Waals surface area contributed by atoms with Crippen LogP contribution in [0.3, 0.4) is 0 Å². The zero-order chi connectivity index (χ0) is 17.3. The fourth-order valence-electron chi connectivity index (χ4n) is 2.36. The number of nitrogens with zero attached hydrogens (tertiary/aromatic N) is 4. The van der Waals surface area contributed by atoms with Crippen molar-refractivity contribution in [1.29, 1.82) is 0 Å². The van der Waals surface area contributed by atoms with Gasteiger partial charge in [0.15, 0.2) is 5.17 Å². The van der Waals surface area contributed by atoms with Crippen molar-refractivity contribution >= 4 is 46.4 Å². The monoisotopic (exact) mass is 346 g/mol. The van der Waals surface area contributed by atoms with Crippen molar-refractivity contribution in [1.82, 2.24) is 9.80 Å². The minimum absolute atomic E-state index is 0.501. The quantitative estimate of drug-likeness (QED) is 0.589. The number of hydrogen-bond donors (Lipinski definition) is 0. The molecule has 0 bridgehead atoms. The molecule has 0 unspecified atom stereocenters. The highest BCUT2D eigenvalue weighted by Gasteiger charge is 2.44.